The van der Waals surface area contributed by atoms with Gasteiger partial charge in [-0.2, -0.15) is 0 Å². The van der Waals surface area contributed by atoms with Crippen molar-refractivity contribution in [3.05, 3.63) is 45.0 Å². The van der Waals surface area contributed by atoms with Crippen LogP contribution in [0.5, 0.6) is 0 Å². The van der Waals surface area contributed by atoms with Crippen LogP contribution in [0.3, 0.4) is 0 Å². The number of rotatable bonds is 7. The van der Waals surface area contributed by atoms with Gasteiger partial charge in [-0.25, -0.2) is 4.98 Å². The van der Waals surface area contributed by atoms with Gasteiger partial charge in [-0.15, -0.1) is 34.4 Å². The van der Waals surface area contributed by atoms with Crippen LogP contribution in [0, 0.1) is 0 Å². The van der Waals surface area contributed by atoms with Crippen LogP contribution in [-0.2, 0) is 19.2 Å². The zero-order chi connectivity index (χ0) is 22.8. The number of hydrogen-bond donors (Lipinski definition) is 2. The molecule has 166 valence electrons. The van der Waals surface area contributed by atoms with Crippen molar-refractivity contribution in [2.45, 2.75) is 11.4 Å². The molecule has 2 aliphatic heterocycles. The van der Waals surface area contributed by atoms with E-state index < -0.39 is 29.2 Å². The Kier molecular flexibility index (Phi) is 8.31. The molecule has 0 aliphatic carbocycles. The number of hydrogen-bond acceptors (Lipinski definition) is 12. The second-order valence-electron chi connectivity index (χ2n) is 6.45. The Labute approximate surface area is 222 Å². The van der Waals surface area contributed by atoms with Gasteiger partial charge >= 0.3 is 29.6 Å². The molecule has 1 unspecified atom stereocenters. The Bertz CT molecular complexity index is 1160. The van der Waals surface area contributed by atoms with Gasteiger partial charge in [0.25, 0.3) is 11.8 Å². The third kappa shape index (κ3) is 5.15. The molecule has 2 aliphatic rings. The fourth-order valence-corrected chi connectivity index (χ4v) is 5.53. The number of fused-ring (bicyclic) bond motifs is 1. The maximum absolute atomic E-state index is 12.8. The monoisotopic (exact) mass is 514 g/mol. The van der Waals surface area contributed by atoms with Gasteiger partial charge in [-0.05, 0) is 11.6 Å². The molecule has 0 bridgehead atoms. The first-order chi connectivity index (χ1) is 15.4. The molecule has 4 heterocycles. The summed E-state index contributed by atoms with van der Waals surface area (Å²) < 4.78 is 0. The van der Waals surface area contributed by atoms with Crippen molar-refractivity contribution in [1.29, 1.82) is 0 Å². The fourth-order valence-electron chi connectivity index (χ4n) is 3.15. The number of allylic oxidation sites excluding steroid dienone is 1. The maximum Gasteiger partial charge on any atom is 1.00 e. The molecule has 0 saturated carbocycles. The molecular formula is C18H15N6NaO5S3. The van der Waals surface area contributed by atoms with Gasteiger partial charge in [-0.1, -0.05) is 11.2 Å². The maximum atomic E-state index is 12.8. The minimum absolute atomic E-state index is 0. The van der Waals surface area contributed by atoms with Crippen molar-refractivity contribution < 1.29 is 53.9 Å². The Morgan fingerprint density at radius 1 is 1.39 bits per heavy atom. The number of oxime groups is 1. The van der Waals surface area contributed by atoms with Gasteiger partial charge < -0.3 is 25.8 Å². The molecular weight excluding hydrogens is 499 g/mol. The number of anilines is 1. The van der Waals surface area contributed by atoms with Crippen LogP contribution < -0.4 is 45.7 Å². The predicted octanol–water partition coefficient (Wildman–Crippen LogP) is -3.35. The normalized spacial score (nSPS) is 20.2. The Morgan fingerprint density at radius 3 is 2.79 bits per heavy atom. The van der Waals surface area contributed by atoms with Crippen molar-refractivity contribution in [2.75, 3.05) is 18.6 Å². The summed E-state index contributed by atoms with van der Waals surface area (Å²) >= 11 is 3.85. The van der Waals surface area contributed by atoms with E-state index >= 15 is 0 Å². The largest absolute Gasteiger partial charge is 1.00 e. The Morgan fingerprint density at radius 2 is 2.18 bits per heavy atom. The SMILES string of the molecule is CON=C(C(=O)NC1C(=O)N2C(C(=O)[O-])=C(C=Cc3cncs3)CS[C@@H]12)c1csc(N)n1.[Na+]. The van der Waals surface area contributed by atoms with Gasteiger partial charge in [0.15, 0.2) is 10.8 Å². The van der Waals surface area contributed by atoms with Crippen molar-refractivity contribution in [2.24, 2.45) is 5.16 Å². The van der Waals surface area contributed by atoms with E-state index in [9.17, 15) is 19.5 Å². The van der Waals surface area contributed by atoms with E-state index in [0.717, 1.165) is 21.1 Å². The second-order valence-corrected chi connectivity index (χ2v) is 9.37. The van der Waals surface area contributed by atoms with Gasteiger partial charge in [0, 0.05) is 22.2 Å². The number of nitrogens with two attached hydrogens (primary N) is 1. The predicted molar refractivity (Wildman–Crippen MR) is 118 cm³/mol. The number of nitrogen functional groups attached to an aromatic ring is 1. The Hall–Kier alpha value is -2.23. The summed E-state index contributed by atoms with van der Waals surface area (Å²) in [5.74, 6) is -2.39. The summed E-state index contributed by atoms with van der Waals surface area (Å²) in [6.07, 6.45) is 5.01. The first kappa shape index (κ1) is 25.4. The van der Waals surface area contributed by atoms with Crippen molar-refractivity contribution in [3.8, 4) is 0 Å². The molecule has 0 radical (unpaired) electrons. The second kappa shape index (κ2) is 10.8. The van der Waals surface area contributed by atoms with Crippen molar-refractivity contribution in [1.82, 2.24) is 20.2 Å². The van der Waals surface area contributed by atoms with Gasteiger partial charge in [0.05, 0.1) is 17.2 Å². The summed E-state index contributed by atoms with van der Waals surface area (Å²) in [7, 11) is 1.27. The average Bonchev–Trinajstić information content (AvgIpc) is 3.45. The third-order valence-electron chi connectivity index (χ3n) is 4.54. The number of carbonyl (C=O) groups is 3. The van der Waals surface area contributed by atoms with E-state index in [4.69, 9.17) is 10.6 Å². The van der Waals surface area contributed by atoms with Crippen LogP contribution in [0.2, 0.25) is 0 Å². The third-order valence-corrected chi connectivity index (χ3v) is 7.26. The molecule has 0 aromatic carbocycles. The van der Waals surface area contributed by atoms with Crippen LogP contribution in [0.25, 0.3) is 6.08 Å². The minimum atomic E-state index is -1.46. The fraction of sp³-hybridized carbons (Fsp3) is 0.222. The standard InChI is InChI=1S/C18H16N6O5S3.Na/c1-29-23-11(10-6-31-18(19)21-10)14(25)22-12-15(26)24-13(17(27)28)8(5-30-16(12)24)2-3-9-4-20-7-32-9;/h2-4,6-7,12,16H,5H2,1H3,(H2,19,21)(H,22,25)(H,27,28);/q;+1/p-1/t12?,16-;/m0./s1. The summed E-state index contributed by atoms with van der Waals surface area (Å²) in [6, 6.07) is -0.938. The number of carbonyl (C=O) groups excluding carboxylic acids is 3. The van der Waals surface area contributed by atoms with E-state index in [2.05, 4.69) is 20.4 Å². The van der Waals surface area contributed by atoms with E-state index in [1.807, 2.05) is 0 Å². The van der Waals surface area contributed by atoms with Gasteiger partial charge in [0.2, 0.25) is 0 Å². The van der Waals surface area contributed by atoms with Crippen molar-refractivity contribution in [3.63, 3.8) is 0 Å². The molecule has 2 atom stereocenters. The zero-order valence-electron chi connectivity index (χ0n) is 17.4. The quantitative estimate of drug-likeness (QED) is 0.166. The van der Waals surface area contributed by atoms with Gasteiger partial charge in [-0.3, -0.25) is 19.5 Å². The molecule has 2 aromatic heterocycles. The summed E-state index contributed by atoms with van der Waals surface area (Å²) in [5, 5.41) is 19.3. The number of thiazole rings is 2. The minimum Gasteiger partial charge on any atom is -0.543 e. The number of aromatic nitrogens is 2. The molecule has 15 heteroatoms. The van der Waals surface area contributed by atoms with Crippen LogP contribution in [-0.4, -0.2) is 62.6 Å². The molecule has 2 amide bonds. The molecule has 1 saturated heterocycles. The molecule has 1 fully saturated rings. The number of carboxylic acid groups (broad SMARTS) is 1. The molecule has 11 nitrogen and oxygen atoms in total. The zero-order valence-corrected chi connectivity index (χ0v) is 21.8. The number of amides is 2. The van der Waals surface area contributed by atoms with Crippen molar-refractivity contribution >= 4 is 69.1 Å². The van der Waals surface area contributed by atoms with E-state index in [1.54, 1.807) is 23.9 Å². The average molecular weight is 515 g/mol. The number of nitrogens with one attached hydrogen (secondary N) is 1. The Balaban J connectivity index is 0.00000306. The van der Waals surface area contributed by atoms with Crippen LogP contribution in [0.1, 0.15) is 10.6 Å². The first-order valence-corrected chi connectivity index (χ1v) is 11.8. The number of β-lactam (4-membered cyclic amide) rings is 1. The summed E-state index contributed by atoms with van der Waals surface area (Å²) in [5.41, 5.74) is 7.57. The first-order valence-electron chi connectivity index (χ1n) is 8.99. The van der Waals surface area contributed by atoms with Crippen LogP contribution in [0.15, 0.2) is 39.6 Å². The molecule has 2 aromatic rings. The number of thioether (sulfide) groups is 1. The van der Waals surface area contributed by atoms with Gasteiger partial charge in [0.1, 0.15) is 24.2 Å². The number of carboxylic acids is 1. The van der Waals surface area contributed by atoms with E-state index in [-0.39, 0.29) is 51.8 Å². The molecule has 3 N–H and O–H groups in total. The smallest absolute Gasteiger partial charge is 0.543 e. The summed E-state index contributed by atoms with van der Waals surface area (Å²) in [4.78, 5) is 52.0. The number of nitrogens with zero attached hydrogens (tertiary/aromatic N) is 4. The summed E-state index contributed by atoms with van der Waals surface area (Å²) in [6.45, 7) is 0. The van der Waals surface area contributed by atoms with Crippen LogP contribution >= 0.6 is 34.4 Å². The van der Waals surface area contributed by atoms with E-state index in [1.165, 1.54) is 35.6 Å². The molecule has 33 heavy (non-hydrogen) atoms. The number of aliphatic carboxylic acids is 1. The van der Waals surface area contributed by atoms with Crippen LogP contribution in [0.4, 0.5) is 5.13 Å². The molecule has 0 spiro atoms. The molecule has 4 rings (SSSR count). The van der Waals surface area contributed by atoms with E-state index in [0.29, 0.717) is 11.3 Å². The topological polar surface area (TPSA) is 163 Å².